The Balaban J connectivity index is 2.47. The van der Waals surface area contributed by atoms with Crippen LogP contribution in [0.1, 0.15) is 0 Å². The lowest BCUT2D eigenvalue weighted by atomic mass is 10.1. The van der Waals surface area contributed by atoms with Crippen molar-refractivity contribution in [3.63, 3.8) is 0 Å². The molecule has 0 bridgehead atoms. The van der Waals surface area contributed by atoms with E-state index in [0.29, 0.717) is 5.39 Å². The summed E-state index contributed by atoms with van der Waals surface area (Å²) >= 11 is 0. The first-order valence-electron chi connectivity index (χ1n) is 5.74. The molecule has 0 radical (unpaired) electrons. The summed E-state index contributed by atoms with van der Waals surface area (Å²) in [7, 11) is -2.03. The van der Waals surface area contributed by atoms with E-state index in [4.69, 9.17) is 5.73 Å². The molecule has 0 aliphatic carbocycles. The summed E-state index contributed by atoms with van der Waals surface area (Å²) in [6.07, 6.45) is 0. The monoisotopic (exact) mass is 281 g/mol. The fourth-order valence-corrected chi connectivity index (χ4v) is 2.49. The zero-order chi connectivity index (χ0) is 14.0. The third-order valence-corrected chi connectivity index (χ3v) is 4.29. The Kier molecular flexibility index (Phi) is 3.59. The van der Waals surface area contributed by atoms with Gasteiger partial charge in [-0.1, -0.05) is 18.2 Å². The highest BCUT2D eigenvalue weighted by Gasteiger charge is 2.11. The van der Waals surface area contributed by atoms with E-state index in [1.54, 1.807) is 24.3 Å². The summed E-state index contributed by atoms with van der Waals surface area (Å²) in [5.74, 6) is 0.0707. The number of rotatable bonds is 4. The molecule has 0 amide bonds. The van der Waals surface area contributed by atoms with E-state index in [2.05, 4.69) is 4.72 Å². The van der Waals surface area contributed by atoms with Crippen molar-refractivity contribution in [3.8, 4) is 0 Å². The van der Waals surface area contributed by atoms with Crippen LogP contribution in [0.15, 0.2) is 35.1 Å². The van der Waals surface area contributed by atoms with Crippen LogP contribution >= 0.6 is 0 Å². The van der Waals surface area contributed by atoms with Crippen molar-refractivity contribution >= 4 is 26.6 Å². The summed E-state index contributed by atoms with van der Waals surface area (Å²) in [6, 6.07) is 8.73. The second-order valence-electron chi connectivity index (χ2n) is 4.14. The van der Waals surface area contributed by atoms with Gasteiger partial charge in [-0.15, -0.1) is 0 Å². The highest BCUT2D eigenvalue weighted by atomic mass is 32.2. The predicted octanol–water partition coefficient (Wildman–Crippen LogP) is 0.133. The van der Waals surface area contributed by atoms with Gasteiger partial charge < -0.3 is 5.73 Å². The largest absolute Gasteiger partial charge is 0.385 e. The van der Waals surface area contributed by atoms with E-state index in [0.717, 1.165) is 5.39 Å². The number of nitrogens with two attached hydrogens (primary N) is 1. The summed E-state index contributed by atoms with van der Waals surface area (Å²) in [5.41, 5.74) is 5.53. The van der Waals surface area contributed by atoms with Crippen molar-refractivity contribution < 1.29 is 8.42 Å². The van der Waals surface area contributed by atoms with Gasteiger partial charge in [-0.25, -0.2) is 13.1 Å². The lowest BCUT2D eigenvalue weighted by Crippen LogP contribution is -2.30. The fourth-order valence-electron chi connectivity index (χ4n) is 1.86. The maximum atomic E-state index is 12.2. The number of nitrogen functional groups attached to an aromatic ring is 1. The molecule has 2 aromatic rings. The van der Waals surface area contributed by atoms with Gasteiger partial charge in [-0.05, 0) is 24.6 Å². The molecule has 0 saturated heterocycles. The fraction of sp³-hybridized carbons (Fsp3) is 0.250. The number of fused-ring (bicyclic) bond motifs is 1. The highest BCUT2D eigenvalue weighted by Crippen LogP contribution is 2.13. The molecule has 1 aromatic heterocycles. The zero-order valence-corrected chi connectivity index (χ0v) is 11.3. The third-order valence-electron chi connectivity index (χ3n) is 2.95. The SMILES string of the molecule is CNS(=O)(=O)CCn1c(N)cc2ccccc2c1=O. The van der Waals surface area contributed by atoms with Gasteiger partial charge in [0.1, 0.15) is 5.82 Å². The van der Waals surface area contributed by atoms with Gasteiger partial charge in [-0.2, -0.15) is 0 Å². The first-order valence-corrected chi connectivity index (χ1v) is 7.39. The molecular weight excluding hydrogens is 266 g/mol. The highest BCUT2D eigenvalue weighted by molar-refractivity contribution is 7.89. The number of benzene rings is 1. The van der Waals surface area contributed by atoms with Gasteiger partial charge in [0, 0.05) is 11.9 Å². The number of hydrogen-bond donors (Lipinski definition) is 2. The van der Waals surface area contributed by atoms with Gasteiger partial charge in [0.05, 0.1) is 5.75 Å². The second-order valence-corrected chi connectivity index (χ2v) is 6.18. The molecule has 0 fully saturated rings. The van der Waals surface area contributed by atoms with Crippen LogP contribution in [0.4, 0.5) is 5.82 Å². The molecule has 102 valence electrons. The number of pyridine rings is 1. The van der Waals surface area contributed by atoms with Crippen molar-refractivity contribution in [1.29, 1.82) is 0 Å². The van der Waals surface area contributed by atoms with Crippen LogP contribution < -0.4 is 16.0 Å². The summed E-state index contributed by atoms with van der Waals surface area (Å²) in [4.78, 5) is 12.2. The van der Waals surface area contributed by atoms with Gasteiger partial charge in [0.2, 0.25) is 10.0 Å². The average Bonchev–Trinajstić information content (AvgIpc) is 2.38. The number of anilines is 1. The van der Waals surface area contributed by atoms with Crippen LogP contribution in [0, 0.1) is 0 Å². The van der Waals surface area contributed by atoms with Crippen LogP contribution in [0.25, 0.3) is 10.8 Å². The topological polar surface area (TPSA) is 94.2 Å². The van der Waals surface area contributed by atoms with Crippen LogP contribution in [-0.2, 0) is 16.6 Å². The quantitative estimate of drug-likeness (QED) is 0.833. The Morgan fingerprint density at radius 2 is 2.00 bits per heavy atom. The molecule has 3 N–H and O–H groups in total. The Bertz CT molecular complexity index is 765. The van der Waals surface area contributed by atoms with E-state index >= 15 is 0 Å². The molecule has 0 atom stereocenters. The molecule has 6 nitrogen and oxygen atoms in total. The van der Waals surface area contributed by atoms with Crippen molar-refractivity contribution in [3.05, 3.63) is 40.7 Å². The van der Waals surface area contributed by atoms with Gasteiger partial charge in [0.25, 0.3) is 5.56 Å². The first-order chi connectivity index (χ1) is 8.94. The number of aromatic nitrogens is 1. The normalized spacial score (nSPS) is 11.8. The Hall–Kier alpha value is -1.86. The number of nitrogens with one attached hydrogen (secondary N) is 1. The van der Waals surface area contributed by atoms with Crippen molar-refractivity contribution in [2.24, 2.45) is 0 Å². The van der Waals surface area contributed by atoms with E-state index in [1.807, 2.05) is 6.07 Å². The van der Waals surface area contributed by atoms with Gasteiger partial charge in [0.15, 0.2) is 0 Å². The molecule has 0 aliphatic heterocycles. The molecule has 1 aromatic carbocycles. The Morgan fingerprint density at radius 1 is 1.32 bits per heavy atom. The van der Waals surface area contributed by atoms with Crippen LogP contribution in [-0.4, -0.2) is 25.8 Å². The van der Waals surface area contributed by atoms with E-state index in [9.17, 15) is 13.2 Å². The standard InChI is InChI=1S/C12H15N3O3S/c1-14-19(17,18)7-6-15-11(13)8-9-4-2-3-5-10(9)12(15)16/h2-5,8,14H,6-7,13H2,1H3. The first kappa shape index (κ1) is 13.6. The van der Waals surface area contributed by atoms with Gasteiger partial charge >= 0.3 is 0 Å². The van der Waals surface area contributed by atoms with Crippen LogP contribution in [0.2, 0.25) is 0 Å². The molecular formula is C12H15N3O3S. The summed E-state index contributed by atoms with van der Waals surface area (Å²) in [5, 5.41) is 1.27. The van der Waals surface area contributed by atoms with Crippen molar-refractivity contribution in [2.45, 2.75) is 6.54 Å². The van der Waals surface area contributed by atoms with Crippen LogP contribution in [0.5, 0.6) is 0 Å². The van der Waals surface area contributed by atoms with Gasteiger partial charge in [-0.3, -0.25) is 9.36 Å². The van der Waals surface area contributed by atoms with E-state index in [1.165, 1.54) is 11.6 Å². The zero-order valence-electron chi connectivity index (χ0n) is 10.5. The molecule has 19 heavy (non-hydrogen) atoms. The molecule has 1 heterocycles. The lowest BCUT2D eigenvalue weighted by molar-refractivity contribution is 0.580. The minimum Gasteiger partial charge on any atom is -0.385 e. The average molecular weight is 281 g/mol. The molecule has 2 rings (SSSR count). The Morgan fingerprint density at radius 3 is 2.68 bits per heavy atom. The molecule has 0 aliphatic rings. The predicted molar refractivity (Wildman–Crippen MR) is 75.5 cm³/mol. The summed E-state index contributed by atoms with van der Waals surface area (Å²) in [6.45, 7) is 0.0265. The number of sulfonamides is 1. The number of hydrogen-bond acceptors (Lipinski definition) is 4. The second kappa shape index (κ2) is 5.02. The number of nitrogens with zero attached hydrogens (tertiary/aromatic N) is 1. The minimum atomic E-state index is -3.37. The molecule has 7 heteroatoms. The minimum absolute atomic E-state index is 0.0265. The van der Waals surface area contributed by atoms with Crippen LogP contribution in [0.3, 0.4) is 0 Å². The molecule has 0 saturated carbocycles. The Labute approximate surface area is 110 Å². The molecule has 0 unspecified atom stereocenters. The lowest BCUT2D eigenvalue weighted by Gasteiger charge is -2.11. The van der Waals surface area contributed by atoms with Crippen molar-refractivity contribution in [2.75, 3.05) is 18.5 Å². The smallest absolute Gasteiger partial charge is 0.260 e. The summed E-state index contributed by atoms with van der Waals surface area (Å²) < 4.78 is 26.3. The third kappa shape index (κ3) is 2.77. The molecule has 0 spiro atoms. The maximum Gasteiger partial charge on any atom is 0.260 e. The van der Waals surface area contributed by atoms with E-state index < -0.39 is 10.0 Å². The maximum absolute atomic E-state index is 12.2. The van der Waals surface area contributed by atoms with E-state index in [-0.39, 0.29) is 23.7 Å². The van der Waals surface area contributed by atoms with Crippen molar-refractivity contribution in [1.82, 2.24) is 9.29 Å².